The van der Waals surface area contributed by atoms with E-state index in [1.54, 1.807) is 5.94 Å². The zero-order chi connectivity index (χ0) is 7.40. The summed E-state index contributed by atoms with van der Waals surface area (Å²) in [5, 5.41) is 6.16. The fourth-order valence-corrected chi connectivity index (χ4v) is 0.888. The predicted molar refractivity (Wildman–Crippen MR) is 38.4 cm³/mol. The van der Waals surface area contributed by atoms with Crippen LogP contribution in [0.25, 0.3) is 10.4 Å². The molecule has 1 fully saturated rings. The van der Waals surface area contributed by atoms with Crippen molar-refractivity contribution in [2.75, 3.05) is 6.54 Å². The molecule has 0 aromatic carbocycles. The molecule has 0 bridgehead atoms. The van der Waals surface area contributed by atoms with Gasteiger partial charge >= 0.3 is 0 Å². The maximum atomic E-state index is 10.1. The molecule has 0 aromatic rings. The highest BCUT2D eigenvalue weighted by molar-refractivity contribution is 5.54. The summed E-state index contributed by atoms with van der Waals surface area (Å²) in [6.07, 6.45) is 0.689. The molecule has 1 heterocycles. The summed E-state index contributed by atoms with van der Waals surface area (Å²) < 4.78 is 0. The van der Waals surface area contributed by atoms with Crippen molar-refractivity contribution in [1.29, 1.82) is 0 Å². The van der Waals surface area contributed by atoms with Crippen LogP contribution in [-0.2, 0) is 4.79 Å². The van der Waals surface area contributed by atoms with Gasteiger partial charge in [-0.25, -0.2) is 4.79 Å². The van der Waals surface area contributed by atoms with Crippen LogP contribution in [0.3, 0.4) is 0 Å². The summed E-state index contributed by atoms with van der Waals surface area (Å²) >= 11 is 0. The SMILES string of the molecule is O.[N-]=[N+]=NC1CCNC1=C=O. The minimum atomic E-state index is -0.317. The molecule has 0 radical (unpaired) electrons. The van der Waals surface area contributed by atoms with Crippen LogP contribution in [0.1, 0.15) is 6.42 Å². The van der Waals surface area contributed by atoms with Gasteiger partial charge in [0.25, 0.3) is 0 Å². The number of rotatable bonds is 1. The molecular weight excluding hydrogens is 148 g/mol. The zero-order valence-corrected chi connectivity index (χ0v) is 5.74. The zero-order valence-electron chi connectivity index (χ0n) is 5.74. The van der Waals surface area contributed by atoms with Crippen molar-refractivity contribution in [2.45, 2.75) is 12.5 Å². The first-order chi connectivity index (χ1) is 4.88. The molecule has 1 saturated heterocycles. The van der Waals surface area contributed by atoms with Crippen LogP contribution in [0.4, 0.5) is 0 Å². The molecule has 0 amide bonds. The summed E-state index contributed by atoms with van der Waals surface area (Å²) in [6.45, 7) is 0.689. The number of hydrogen-bond donors (Lipinski definition) is 1. The molecule has 1 aliphatic rings. The van der Waals surface area contributed by atoms with E-state index in [1.165, 1.54) is 0 Å². The molecule has 0 saturated carbocycles. The van der Waals surface area contributed by atoms with E-state index in [0.717, 1.165) is 0 Å². The van der Waals surface area contributed by atoms with Crippen LogP contribution in [0.5, 0.6) is 0 Å². The summed E-state index contributed by atoms with van der Waals surface area (Å²) in [6, 6.07) is -0.317. The number of nitrogens with one attached hydrogen (secondary N) is 1. The van der Waals surface area contributed by atoms with Gasteiger partial charge in [-0.3, -0.25) is 0 Å². The maximum absolute atomic E-state index is 10.1. The summed E-state index contributed by atoms with van der Waals surface area (Å²) in [4.78, 5) is 12.7. The van der Waals surface area contributed by atoms with Crippen molar-refractivity contribution in [3.63, 3.8) is 0 Å². The van der Waals surface area contributed by atoms with E-state index in [0.29, 0.717) is 18.7 Å². The fourth-order valence-electron chi connectivity index (χ4n) is 0.888. The maximum Gasteiger partial charge on any atom is 0.145 e. The van der Waals surface area contributed by atoms with Crippen molar-refractivity contribution in [2.24, 2.45) is 5.11 Å². The van der Waals surface area contributed by atoms with Gasteiger partial charge in [0.2, 0.25) is 0 Å². The van der Waals surface area contributed by atoms with Gasteiger partial charge in [0.15, 0.2) is 0 Å². The number of nitrogens with zero attached hydrogens (tertiary/aromatic N) is 3. The molecule has 1 atom stereocenters. The Morgan fingerprint density at radius 2 is 2.55 bits per heavy atom. The first kappa shape index (κ1) is 9.52. The van der Waals surface area contributed by atoms with Gasteiger partial charge in [-0.05, 0) is 12.0 Å². The lowest BCUT2D eigenvalue weighted by Crippen LogP contribution is -2.08. The molecule has 60 valence electrons. The van der Waals surface area contributed by atoms with Crippen LogP contribution >= 0.6 is 0 Å². The van der Waals surface area contributed by atoms with Crippen molar-refractivity contribution in [1.82, 2.24) is 5.32 Å². The van der Waals surface area contributed by atoms with Crippen molar-refractivity contribution < 1.29 is 10.3 Å². The largest absolute Gasteiger partial charge is 0.412 e. The fraction of sp³-hybridized carbons (Fsp3) is 0.600. The average molecular weight is 156 g/mol. The second-order valence-corrected chi connectivity index (χ2v) is 1.95. The minimum Gasteiger partial charge on any atom is -0.412 e. The highest BCUT2D eigenvalue weighted by Gasteiger charge is 2.19. The van der Waals surface area contributed by atoms with Crippen LogP contribution in [0.15, 0.2) is 10.8 Å². The molecule has 0 aliphatic carbocycles. The third kappa shape index (κ3) is 1.98. The highest BCUT2D eigenvalue weighted by Crippen LogP contribution is 2.11. The third-order valence-corrected chi connectivity index (χ3v) is 1.37. The Morgan fingerprint density at radius 1 is 1.82 bits per heavy atom. The van der Waals surface area contributed by atoms with Gasteiger partial charge in [-0.15, -0.1) is 0 Å². The molecule has 1 aliphatic heterocycles. The van der Waals surface area contributed by atoms with Gasteiger partial charge in [-0.1, -0.05) is 5.11 Å². The lowest BCUT2D eigenvalue weighted by molar-refractivity contribution is 0.564. The van der Waals surface area contributed by atoms with Crippen LogP contribution in [0.2, 0.25) is 0 Å². The molecule has 1 rings (SSSR count). The number of hydrogen-bond acceptors (Lipinski definition) is 3. The van der Waals surface area contributed by atoms with Gasteiger partial charge < -0.3 is 10.8 Å². The van der Waals surface area contributed by atoms with Crippen molar-refractivity contribution >= 4 is 5.94 Å². The van der Waals surface area contributed by atoms with E-state index in [1.807, 2.05) is 0 Å². The first-order valence-electron chi connectivity index (χ1n) is 2.91. The molecule has 3 N–H and O–H groups in total. The summed E-state index contributed by atoms with van der Waals surface area (Å²) in [5.41, 5.74) is 8.40. The Bertz CT molecular complexity index is 227. The van der Waals surface area contributed by atoms with E-state index in [2.05, 4.69) is 15.3 Å². The quantitative estimate of drug-likeness (QED) is 0.240. The standard InChI is InChI=1S/C5H6N4O.H2O/c6-9-8-4-1-2-7-5(4)3-10;/h4,7H,1-2H2;1H2. The molecule has 6 heteroatoms. The van der Waals surface area contributed by atoms with Crippen LogP contribution < -0.4 is 5.32 Å². The predicted octanol–water partition coefficient (Wildman–Crippen LogP) is -0.451. The molecule has 0 aromatic heterocycles. The average Bonchev–Trinajstić information content (AvgIpc) is 2.36. The third-order valence-electron chi connectivity index (χ3n) is 1.37. The Balaban J connectivity index is 0.000001000. The Labute approximate surface area is 62.8 Å². The lowest BCUT2D eigenvalue weighted by Gasteiger charge is -1.95. The van der Waals surface area contributed by atoms with Gasteiger partial charge in [0.05, 0.1) is 6.04 Å². The number of carbonyl (C=O) groups excluding carboxylic acids is 1. The second-order valence-electron chi connectivity index (χ2n) is 1.95. The summed E-state index contributed by atoms with van der Waals surface area (Å²) in [5.74, 6) is 1.69. The normalized spacial score (nSPS) is 20.7. The Morgan fingerprint density at radius 3 is 3.09 bits per heavy atom. The number of azide groups is 1. The second kappa shape index (κ2) is 4.35. The van der Waals surface area contributed by atoms with E-state index < -0.39 is 0 Å². The van der Waals surface area contributed by atoms with Crippen molar-refractivity contribution in [3.05, 3.63) is 16.1 Å². The molecule has 0 spiro atoms. The topological polar surface area (TPSA) is 109 Å². The minimum absolute atomic E-state index is 0. The van der Waals surface area contributed by atoms with E-state index in [4.69, 9.17) is 5.53 Å². The van der Waals surface area contributed by atoms with Gasteiger partial charge in [0, 0.05) is 11.5 Å². The van der Waals surface area contributed by atoms with E-state index in [9.17, 15) is 4.79 Å². The van der Waals surface area contributed by atoms with E-state index in [-0.39, 0.29) is 11.5 Å². The van der Waals surface area contributed by atoms with Gasteiger partial charge in [-0.2, -0.15) is 0 Å². The lowest BCUT2D eigenvalue weighted by atomic mass is 10.2. The molecule has 1 unspecified atom stereocenters. The first-order valence-corrected chi connectivity index (χ1v) is 2.91. The monoisotopic (exact) mass is 156 g/mol. The van der Waals surface area contributed by atoms with Crippen LogP contribution in [0, 0.1) is 0 Å². The highest BCUT2D eigenvalue weighted by atomic mass is 16.1. The Hall–Kier alpha value is -1.48. The van der Waals surface area contributed by atoms with Crippen LogP contribution in [-0.4, -0.2) is 24.0 Å². The van der Waals surface area contributed by atoms with E-state index >= 15 is 0 Å². The molecule has 11 heavy (non-hydrogen) atoms. The summed E-state index contributed by atoms with van der Waals surface area (Å²) in [7, 11) is 0. The van der Waals surface area contributed by atoms with Crippen molar-refractivity contribution in [3.8, 4) is 0 Å². The Kier molecular flexibility index (Phi) is 3.77. The molecule has 6 nitrogen and oxygen atoms in total. The van der Waals surface area contributed by atoms with Gasteiger partial charge in [0.1, 0.15) is 11.6 Å². The molecular formula is C5H8N4O2. The smallest absolute Gasteiger partial charge is 0.145 e.